The second kappa shape index (κ2) is 6.93. The number of urea groups is 1. The maximum Gasteiger partial charge on any atom is 0.328 e. The Bertz CT molecular complexity index is 498. The largest absolute Gasteiger partial charge is 0.467 e. The molecule has 1 atom stereocenters. The van der Waals surface area contributed by atoms with Crippen molar-refractivity contribution in [2.24, 2.45) is 5.92 Å². The first kappa shape index (κ1) is 16.0. The zero-order valence-electron chi connectivity index (χ0n) is 12.6. The summed E-state index contributed by atoms with van der Waals surface area (Å²) in [4.78, 5) is 23.5. The van der Waals surface area contributed by atoms with Crippen LogP contribution < -0.4 is 10.6 Å². The molecule has 0 radical (unpaired) electrons. The zero-order chi connectivity index (χ0) is 15.3. The molecule has 1 aromatic rings. The van der Waals surface area contributed by atoms with Crippen molar-refractivity contribution >= 4 is 17.7 Å². The van der Waals surface area contributed by atoms with Crippen molar-refractivity contribution < 1.29 is 14.3 Å². The lowest BCUT2D eigenvalue weighted by Crippen LogP contribution is -2.46. The van der Waals surface area contributed by atoms with Crippen LogP contribution in [0, 0.1) is 19.8 Å². The predicted octanol–water partition coefficient (Wildman–Crippen LogP) is 2.62. The maximum absolute atomic E-state index is 12.0. The van der Waals surface area contributed by atoms with Gasteiger partial charge in [-0.05, 0) is 31.4 Å². The Morgan fingerprint density at radius 1 is 1.20 bits per heavy atom. The van der Waals surface area contributed by atoms with E-state index in [-0.39, 0.29) is 5.92 Å². The number of benzene rings is 1. The molecule has 110 valence electrons. The lowest BCUT2D eigenvalue weighted by Gasteiger charge is -2.20. The summed E-state index contributed by atoms with van der Waals surface area (Å²) < 4.78 is 4.68. The molecular formula is C15H22N2O3. The fourth-order valence-electron chi connectivity index (χ4n) is 1.88. The first-order valence-corrected chi connectivity index (χ1v) is 6.57. The standard InChI is InChI=1S/C15H22N2O3/c1-9(2)13(14(18)20-5)17-15(19)16-12-7-6-10(3)8-11(12)4/h6-9,13H,1-5H3,(H2,16,17,19)/t13-/m1/s1. The van der Waals surface area contributed by atoms with Gasteiger partial charge in [-0.2, -0.15) is 0 Å². The van der Waals surface area contributed by atoms with E-state index >= 15 is 0 Å². The van der Waals surface area contributed by atoms with E-state index in [9.17, 15) is 9.59 Å². The van der Waals surface area contributed by atoms with Crippen molar-refractivity contribution in [1.29, 1.82) is 0 Å². The van der Waals surface area contributed by atoms with Crippen LogP contribution >= 0.6 is 0 Å². The van der Waals surface area contributed by atoms with Gasteiger partial charge in [0.15, 0.2) is 0 Å². The number of anilines is 1. The number of carbonyl (C=O) groups excluding carboxylic acids is 2. The molecule has 1 aromatic carbocycles. The van der Waals surface area contributed by atoms with Crippen LogP contribution in [0.5, 0.6) is 0 Å². The summed E-state index contributed by atoms with van der Waals surface area (Å²) in [7, 11) is 1.31. The zero-order valence-corrected chi connectivity index (χ0v) is 12.6. The van der Waals surface area contributed by atoms with E-state index in [0.717, 1.165) is 16.8 Å². The number of hydrogen-bond donors (Lipinski definition) is 2. The second-order valence-corrected chi connectivity index (χ2v) is 5.16. The summed E-state index contributed by atoms with van der Waals surface area (Å²) in [5.41, 5.74) is 2.82. The molecule has 0 aliphatic heterocycles. The minimum atomic E-state index is -0.661. The summed E-state index contributed by atoms with van der Waals surface area (Å²) in [5, 5.41) is 5.38. The summed E-state index contributed by atoms with van der Waals surface area (Å²) in [6, 6.07) is 4.66. The number of ether oxygens (including phenoxy) is 1. The van der Waals surface area contributed by atoms with E-state index < -0.39 is 18.0 Å². The highest BCUT2D eigenvalue weighted by Crippen LogP contribution is 2.16. The molecule has 0 heterocycles. The molecule has 5 nitrogen and oxygen atoms in total. The van der Waals surface area contributed by atoms with Gasteiger partial charge in [0.05, 0.1) is 7.11 Å². The number of amides is 2. The van der Waals surface area contributed by atoms with Crippen LogP contribution in [0.4, 0.5) is 10.5 Å². The Balaban J connectivity index is 2.73. The van der Waals surface area contributed by atoms with Crippen LogP contribution in [0.15, 0.2) is 18.2 Å². The third-order valence-electron chi connectivity index (χ3n) is 3.04. The normalized spacial score (nSPS) is 11.9. The second-order valence-electron chi connectivity index (χ2n) is 5.16. The fraction of sp³-hybridized carbons (Fsp3) is 0.467. The number of hydrogen-bond acceptors (Lipinski definition) is 3. The van der Waals surface area contributed by atoms with Crippen molar-refractivity contribution in [3.8, 4) is 0 Å². The van der Waals surface area contributed by atoms with Crippen molar-refractivity contribution in [1.82, 2.24) is 5.32 Å². The highest BCUT2D eigenvalue weighted by molar-refractivity contribution is 5.93. The van der Waals surface area contributed by atoms with Crippen molar-refractivity contribution in [2.45, 2.75) is 33.7 Å². The average molecular weight is 278 g/mol. The van der Waals surface area contributed by atoms with E-state index in [1.807, 2.05) is 45.9 Å². The molecule has 2 amide bonds. The first-order valence-electron chi connectivity index (χ1n) is 6.57. The Morgan fingerprint density at radius 3 is 2.35 bits per heavy atom. The van der Waals surface area contributed by atoms with Crippen LogP contribution in [-0.4, -0.2) is 25.2 Å². The number of aryl methyl sites for hydroxylation is 2. The molecule has 0 aromatic heterocycles. The van der Waals surface area contributed by atoms with E-state index in [2.05, 4.69) is 15.4 Å². The molecule has 5 heteroatoms. The lowest BCUT2D eigenvalue weighted by atomic mass is 10.1. The van der Waals surface area contributed by atoms with E-state index in [4.69, 9.17) is 0 Å². The Labute approximate surface area is 119 Å². The molecule has 20 heavy (non-hydrogen) atoms. The van der Waals surface area contributed by atoms with Gasteiger partial charge in [0.1, 0.15) is 6.04 Å². The SMILES string of the molecule is COC(=O)[C@H](NC(=O)Nc1ccc(C)cc1C)C(C)C. The molecular weight excluding hydrogens is 256 g/mol. The molecule has 0 aliphatic rings. The maximum atomic E-state index is 12.0. The number of carbonyl (C=O) groups is 2. The van der Waals surface area contributed by atoms with E-state index in [0.29, 0.717) is 0 Å². The first-order chi connectivity index (χ1) is 9.35. The topological polar surface area (TPSA) is 67.4 Å². The molecule has 0 saturated carbocycles. The van der Waals surface area contributed by atoms with Gasteiger partial charge in [0.2, 0.25) is 0 Å². The minimum absolute atomic E-state index is 0.0488. The third kappa shape index (κ3) is 4.26. The van der Waals surface area contributed by atoms with Gasteiger partial charge in [-0.1, -0.05) is 31.5 Å². The monoisotopic (exact) mass is 278 g/mol. The Kier molecular flexibility index (Phi) is 5.55. The highest BCUT2D eigenvalue weighted by Gasteiger charge is 2.24. The van der Waals surface area contributed by atoms with Crippen LogP contribution in [0.3, 0.4) is 0 Å². The van der Waals surface area contributed by atoms with Crippen molar-refractivity contribution in [2.75, 3.05) is 12.4 Å². The van der Waals surface area contributed by atoms with Crippen LogP contribution in [0.25, 0.3) is 0 Å². The van der Waals surface area contributed by atoms with Crippen molar-refractivity contribution in [3.63, 3.8) is 0 Å². The average Bonchev–Trinajstić information content (AvgIpc) is 2.38. The van der Waals surface area contributed by atoms with Gasteiger partial charge in [-0.15, -0.1) is 0 Å². The van der Waals surface area contributed by atoms with Gasteiger partial charge in [-0.25, -0.2) is 9.59 Å². The Morgan fingerprint density at radius 2 is 1.85 bits per heavy atom. The summed E-state index contributed by atoms with van der Waals surface area (Å²) in [6.45, 7) is 7.60. The van der Waals surface area contributed by atoms with Crippen molar-refractivity contribution in [3.05, 3.63) is 29.3 Å². The molecule has 0 unspecified atom stereocenters. The van der Waals surface area contributed by atoms with Gasteiger partial charge in [0.25, 0.3) is 0 Å². The molecule has 0 aliphatic carbocycles. The number of rotatable bonds is 4. The van der Waals surface area contributed by atoms with E-state index in [1.54, 1.807) is 0 Å². The van der Waals surface area contributed by atoms with Gasteiger partial charge < -0.3 is 15.4 Å². The van der Waals surface area contributed by atoms with Crippen LogP contribution in [-0.2, 0) is 9.53 Å². The van der Waals surface area contributed by atoms with Crippen LogP contribution in [0.2, 0.25) is 0 Å². The molecule has 0 saturated heterocycles. The van der Waals surface area contributed by atoms with Crippen LogP contribution in [0.1, 0.15) is 25.0 Å². The molecule has 1 rings (SSSR count). The Hall–Kier alpha value is -2.04. The summed E-state index contributed by atoms with van der Waals surface area (Å²) in [6.07, 6.45) is 0. The third-order valence-corrected chi connectivity index (χ3v) is 3.04. The molecule has 0 fully saturated rings. The van der Waals surface area contributed by atoms with Gasteiger partial charge >= 0.3 is 12.0 Å². The van der Waals surface area contributed by atoms with Gasteiger partial charge in [-0.3, -0.25) is 0 Å². The minimum Gasteiger partial charge on any atom is -0.467 e. The predicted molar refractivity (Wildman–Crippen MR) is 78.7 cm³/mol. The number of methoxy groups -OCH3 is 1. The highest BCUT2D eigenvalue weighted by atomic mass is 16.5. The number of nitrogens with one attached hydrogen (secondary N) is 2. The fourth-order valence-corrected chi connectivity index (χ4v) is 1.88. The van der Waals surface area contributed by atoms with E-state index in [1.165, 1.54) is 7.11 Å². The molecule has 0 spiro atoms. The summed E-state index contributed by atoms with van der Waals surface area (Å²) in [5.74, 6) is -0.497. The summed E-state index contributed by atoms with van der Waals surface area (Å²) >= 11 is 0. The quantitative estimate of drug-likeness (QED) is 0.832. The lowest BCUT2D eigenvalue weighted by molar-refractivity contribution is -0.143. The smallest absolute Gasteiger partial charge is 0.328 e. The molecule has 0 bridgehead atoms. The molecule has 2 N–H and O–H groups in total. The van der Waals surface area contributed by atoms with Gasteiger partial charge in [0, 0.05) is 5.69 Å². The number of esters is 1.